The third-order valence-electron chi connectivity index (χ3n) is 3.91. The third kappa shape index (κ3) is 2.09. The van der Waals surface area contributed by atoms with Gasteiger partial charge in [0.1, 0.15) is 5.69 Å². The number of hydrogen-bond acceptors (Lipinski definition) is 3. The van der Waals surface area contributed by atoms with Crippen LogP contribution in [0.4, 0.5) is 22.9 Å². The summed E-state index contributed by atoms with van der Waals surface area (Å²) in [5, 5.41) is 0.574. The molecule has 0 saturated heterocycles. The van der Waals surface area contributed by atoms with Gasteiger partial charge in [0.15, 0.2) is 5.82 Å². The van der Waals surface area contributed by atoms with Crippen LogP contribution < -0.4 is 9.80 Å². The Bertz CT molecular complexity index is 891. The van der Waals surface area contributed by atoms with Crippen molar-refractivity contribution in [2.75, 3.05) is 16.8 Å². The number of para-hydroxylation sites is 1. The van der Waals surface area contributed by atoms with Crippen molar-refractivity contribution < 1.29 is 4.79 Å². The van der Waals surface area contributed by atoms with Crippen molar-refractivity contribution in [3.8, 4) is 0 Å². The number of imidazole rings is 1. The maximum atomic E-state index is 13.1. The Morgan fingerprint density at radius 1 is 1.09 bits per heavy atom. The minimum atomic E-state index is -0.170. The number of anilines is 4. The normalized spacial score (nSPS) is 13.6. The number of halogens is 1. The van der Waals surface area contributed by atoms with Crippen molar-refractivity contribution in [2.24, 2.45) is 0 Å². The zero-order valence-electron chi connectivity index (χ0n) is 12.3. The van der Waals surface area contributed by atoms with E-state index in [9.17, 15) is 4.79 Å². The second-order valence-electron chi connectivity index (χ2n) is 5.27. The first-order chi connectivity index (χ1) is 11.2. The molecular weight excluding hydrogens is 312 g/mol. The average Bonchev–Trinajstić information content (AvgIpc) is 3.02. The van der Waals surface area contributed by atoms with E-state index in [0.717, 1.165) is 17.1 Å². The van der Waals surface area contributed by atoms with Gasteiger partial charge in [-0.3, -0.25) is 9.69 Å². The lowest BCUT2D eigenvalue weighted by Gasteiger charge is -2.24. The van der Waals surface area contributed by atoms with Gasteiger partial charge in [0.25, 0.3) is 5.91 Å². The highest BCUT2D eigenvalue weighted by molar-refractivity contribution is 6.31. The number of benzene rings is 2. The lowest BCUT2D eigenvalue weighted by molar-refractivity contribution is 0.0996. The highest BCUT2D eigenvalue weighted by atomic mass is 35.5. The van der Waals surface area contributed by atoms with Crippen LogP contribution in [0.15, 0.2) is 54.9 Å². The molecule has 0 saturated carbocycles. The van der Waals surface area contributed by atoms with Gasteiger partial charge in [-0.1, -0.05) is 29.8 Å². The van der Waals surface area contributed by atoms with Crippen molar-refractivity contribution in [1.29, 1.82) is 0 Å². The van der Waals surface area contributed by atoms with E-state index in [1.165, 1.54) is 6.33 Å². The second-order valence-corrected chi connectivity index (χ2v) is 5.71. The molecule has 6 heteroatoms. The third-order valence-corrected chi connectivity index (χ3v) is 4.14. The van der Waals surface area contributed by atoms with Gasteiger partial charge in [-0.15, -0.1) is 0 Å². The molecule has 2 heterocycles. The zero-order valence-corrected chi connectivity index (χ0v) is 13.1. The highest BCUT2D eigenvalue weighted by Crippen LogP contribution is 2.42. The molecule has 0 bridgehead atoms. The molecule has 0 spiro atoms. The number of H-pyrrole nitrogens is 1. The summed E-state index contributed by atoms with van der Waals surface area (Å²) in [5.41, 5.74) is 2.81. The summed E-state index contributed by atoms with van der Waals surface area (Å²) in [6.07, 6.45) is 1.53. The SMILES string of the molecule is CN1c2ccc(Cl)cc2N(c2ccccc2)C(=O)c2[nH]cnc21. The summed E-state index contributed by atoms with van der Waals surface area (Å²) in [6.45, 7) is 0. The summed E-state index contributed by atoms with van der Waals surface area (Å²) < 4.78 is 0. The van der Waals surface area contributed by atoms with Crippen LogP contribution in [0.25, 0.3) is 0 Å². The summed E-state index contributed by atoms with van der Waals surface area (Å²) in [7, 11) is 1.88. The molecule has 114 valence electrons. The minimum absolute atomic E-state index is 0.170. The first-order valence-corrected chi connectivity index (χ1v) is 7.51. The summed E-state index contributed by atoms with van der Waals surface area (Å²) in [5.74, 6) is 0.425. The van der Waals surface area contributed by atoms with Crippen LogP contribution in [0, 0.1) is 0 Å². The molecule has 1 aliphatic rings. The van der Waals surface area contributed by atoms with E-state index in [0.29, 0.717) is 16.5 Å². The molecule has 0 aliphatic carbocycles. The van der Waals surface area contributed by atoms with Gasteiger partial charge in [0, 0.05) is 17.8 Å². The van der Waals surface area contributed by atoms with Crippen molar-refractivity contribution in [1.82, 2.24) is 9.97 Å². The molecule has 23 heavy (non-hydrogen) atoms. The Labute approximate surface area is 138 Å². The highest BCUT2D eigenvalue weighted by Gasteiger charge is 2.32. The molecule has 4 rings (SSSR count). The number of rotatable bonds is 1. The van der Waals surface area contributed by atoms with E-state index < -0.39 is 0 Å². The van der Waals surface area contributed by atoms with Gasteiger partial charge in [-0.25, -0.2) is 4.98 Å². The summed E-state index contributed by atoms with van der Waals surface area (Å²) in [4.78, 5) is 23.9. The minimum Gasteiger partial charge on any atom is -0.339 e. The lowest BCUT2D eigenvalue weighted by atomic mass is 10.2. The van der Waals surface area contributed by atoms with Crippen LogP contribution in [-0.4, -0.2) is 22.9 Å². The Hall–Kier alpha value is -2.79. The molecule has 3 aromatic rings. The van der Waals surface area contributed by atoms with Crippen molar-refractivity contribution >= 4 is 40.4 Å². The van der Waals surface area contributed by atoms with E-state index in [1.54, 1.807) is 11.0 Å². The fourth-order valence-corrected chi connectivity index (χ4v) is 2.99. The molecule has 0 atom stereocenters. The smallest absolute Gasteiger partial charge is 0.283 e. The molecule has 0 unspecified atom stereocenters. The van der Waals surface area contributed by atoms with Gasteiger partial charge in [-0.2, -0.15) is 0 Å². The van der Waals surface area contributed by atoms with Gasteiger partial charge in [-0.05, 0) is 30.3 Å². The van der Waals surface area contributed by atoms with Gasteiger partial charge < -0.3 is 9.88 Å². The predicted molar refractivity (Wildman–Crippen MR) is 91.0 cm³/mol. The largest absolute Gasteiger partial charge is 0.339 e. The number of aromatic nitrogens is 2. The number of amides is 1. The fourth-order valence-electron chi connectivity index (χ4n) is 2.83. The van der Waals surface area contributed by atoms with Crippen molar-refractivity contribution in [3.05, 3.63) is 65.6 Å². The molecule has 0 fully saturated rings. The molecule has 0 radical (unpaired) electrons. The lowest BCUT2D eigenvalue weighted by Crippen LogP contribution is -2.25. The van der Waals surface area contributed by atoms with Crippen LogP contribution in [0.5, 0.6) is 0 Å². The summed E-state index contributed by atoms with van der Waals surface area (Å²) >= 11 is 6.18. The molecule has 1 amide bonds. The topological polar surface area (TPSA) is 52.2 Å². The quantitative estimate of drug-likeness (QED) is 0.732. The number of nitrogens with one attached hydrogen (secondary N) is 1. The Kier molecular flexibility index (Phi) is 3.09. The Balaban J connectivity index is 2.03. The van der Waals surface area contributed by atoms with Gasteiger partial charge >= 0.3 is 0 Å². The van der Waals surface area contributed by atoms with E-state index in [1.807, 2.05) is 54.4 Å². The van der Waals surface area contributed by atoms with Crippen LogP contribution in [-0.2, 0) is 0 Å². The number of nitrogens with zero attached hydrogens (tertiary/aromatic N) is 3. The Morgan fingerprint density at radius 3 is 2.65 bits per heavy atom. The molecular formula is C17H13ClN4O. The zero-order chi connectivity index (χ0) is 16.0. The average molecular weight is 325 g/mol. The van der Waals surface area contributed by atoms with E-state index in [2.05, 4.69) is 9.97 Å². The standard InChI is InChI=1S/C17H13ClN4O/c1-21-13-8-7-11(18)9-14(13)22(12-5-3-2-4-6-12)17(23)15-16(21)20-10-19-15/h2-10H,1H3,(H,19,20). The van der Waals surface area contributed by atoms with E-state index in [-0.39, 0.29) is 5.91 Å². The number of fused-ring (bicyclic) bond motifs is 2. The maximum absolute atomic E-state index is 13.1. The molecule has 1 aliphatic heterocycles. The fraction of sp³-hybridized carbons (Fsp3) is 0.0588. The Morgan fingerprint density at radius 2 is 1.87 bits per heavy atom. The second kappa shape index (κ2) is 5.14. The maximum Gasteiger partial charge on any atom is 0.283 e. The molecule has 2 aromatic carbocycles. The van der Waals surface area contributed by atoms with E-state index >= 15 is 0 Å². The van der Waals surface area contributed by atoms with Crippen LogP contribution in [0.1, 0.15) is 10.5 Å². The molecule has 1 N–H and O–H groups in total. The number of aromatic amines is 1. The van der Waals surface area contributed by atoms with E-state index in [4.69, 9.17) is 11.6 Å². The van der Waals surface area contributed by atoms with Crippen LogP contribution >= 0.6 is 11.6 Å². The first kappa shape index (κ1) is 13.8. The number of carbonyl (C=O) groups excluding carboxylic acids is 1. The van der Waals surface area contributed by atoms with Gasteiger partial charge in [0.2, 0.25) is 0 Å². The number of hydrogen-bond donors (Lipinski definition) is 1. The molecule has 1 aromatic heterocycles. The van der Waals surface area contributed by atoms with Gasteiger partial charge in [0.05, 0.1) is 17.7 Å². The van der Waals surface area contributed by atoms with Crippen LogP contribution in [0.2, 0.25) is 5.02 Å². The van der Waals surface area contributed by atoms with Crippen LogP contribution in [0.3, 0.4) is 0 Å². The predicted octanol–water partition coefficient (Wildman–Crippen LogP) is 4.12. The first-order valence-electron chi connectivity index (χ1n) is 7.13. The summed E-state index contributed by atoms with van der Waals surface area (Å²) in [6, 6.07) is 15.0. The molecule has 5 nitrogen and oxygen atoms in total. The van der Waals surface area contributed by atoms with Crippen molar-refractivity contribution in [2.45, 2.75) is 0 Å². The monoisotopic (exact) mass is 324 g/mol. The number of carbonyl (C=O) groups is 1. The van der Waals surface area contributed by atoms with Crippen molar-refractivity contribution in [3.63, 3.8) is 0 Å².